The highest BCUT2D eigenvalue weighted by molar-refractivity contribution is 6.05. The maximum atomic E-state index is 14.5. The molecule has 0 radical (unpaired) electrons. The van der Waals surface area contributed by atoms with Crippen LogP contribution in [0.3, 0.4) is 0 Å². The molecule has 4 N–H and O–H groups in total. The fourth-order valence-corrected chi connectivity index (χ4v) is 4.20. The molecule has 0 atom stereocenters. The van der Waals surface area contributed by atoms with Crippen LogP contribution in [0.25, 0.3) is 11.3 Å². The highest BCUT2D eigenvalue weighted by Crippen LogP contribution is 2.28. The Bertz CT molecular complexity index is 1270. The second-order valence-electron chi connectivity index (χ2n) is 8.54. The molecular weight excluding hydrogens is 478 g/mol. The van der Waals surface area contributed by atoms with E-state index in [1.165, 1.54) is 17.0 Å². The van der Waals surface area contributed by atoms with Crippen molar-refractivity contribution < 1.29 is 25.2 Å². The van der Waals surface area contributed by atoms with Crippen LogP contribution in [0.4, 0.5) is 40.4 Å². The number of carbonyl (C=O) groups excluding carboxylic acids is 1. The number of fused-ring (bicyclic) bond motifs is 1. The van der Waals surface area contributed by atoms with Crippen LogP contribution in [0.5, 0.6) is 0 Å². The van der Waals surface area contributed by atoms with E-state index in [2.05, 4.69) is 26.7 Å². The molecular formula is C24H27F4N7O. The number of rotatable bonds is 5. The first-order valence-corrected chi connectivity index (χ1v) is 11.3. The lowest BCUT2D eigenvalue weighted by Gasteiger charge is -2.36. The van der Waals surface area contributed by atoms with Crippen molar-refractivity contribution in [3.63, 3.8) is 0 Å². The van der Waals surface area contributed by atoms with Crippen LogP contribution < -0.4 is 26.6 Å². The molecule has 1 aromatic heterocycles. The number of pyridine rings is 1. The smallest absolute Gasteiger partial charge is 0.369 e. The van der Waals surface area contributed by atoms with Crippen LogP contribution in [-0.2, 0) is 0 Å². The van der Waals surface area contributed by atoms with Crippen LogP contribution in [0.1, 0.15) is 13.2 Å². The predicted molar refractivity (Wildman–Crippen MR) is 133 cm³/mol. The molecule has 2 aliphatic rings. The first-order chi connectivity index (χ1) is 17.2. The summed E-state index contributed by atoms with van der Waals surface area (Å²) in [5.74, 6) is -0.678. The number of aromatic nitrogens is 1. The molecule has 1 amide bonds. The van der Waals surface area contributed by atoms with E-state index < -0.39 is 24.4 Å². The summed E-state index contributed by atoms with van der Waals surface area (Å²) in [6.07, 6.45) is -4.20. The van der Waals surface area contributed by atoms with Gasteiger partial charge < -0.3 is 15.6 Å². The minimum Gasteiger partial charge on any atom is -0.369 e. The molecule has 8 nitrogen and oxygen atoms in total. The third-order valence-corrected chi connectivity index (χ3v) is 6.05. The molecule has 1 fully saturated rings. The molecule has 192 valence electrons. The van der Waals surface area contributed by atoms with E-state index in [-0.39, 0.29) is 8.42 Å². The summed E-state index contributed by atoms with van der Waals surface area (Å²) in [6.45, 7) is 0.666. The average molecular weight is 506 g/mol. The molecule has 2 aliphatic heterocycles. The molecule has 0 unspecified atom stereocenters. The third-order valence-electron chi connectivity index (χ3n) is 6.05. The van der Waals surface area contributed by atoms with E-state index >= 15 is 0 Å². The van der Waals surface area contributed by atoms with E-state index in [0.29, 0.717) is 48.9 Å². The van der Waals surface area contributed by atoms with E-state index in [0.717, 1.165) is 11.4 Å². The SMILES string of the molecule is O=C(Nc1ccc(N2CCN(CC(F)(F)F)CC2)cc1)c1cc(-c2ccc3c(n2)NNN3)ccc1F.[HH].[HH]. The minimum absolute atomic E-state index is 0. The molecule has 5 rings (SSSR count). The minimum atomic E-state index is -4.20. The highest BCUT2D eigenvalue weighted by atomic mass is 19.4. The average Bonchev–Trinajstić information content (AvgIpc) is 3.32. The Morgan fingerprint density at radius 1 is 1.00 bits per heavy atom. The number of hydrogen-bond donors (Lipinski definition) is 4. The lowest BCUT2D eigenvalue weighted by atomic mass is 10.1. The molecule has 0 bridgehead atoms. The quantitative estimate of drug-likeness (QED) is 0.378. The van der Waals surface area contributed by atoms with Crippen molar-refractivity contribution in [3.8, 4) is 11.3 Å². The fourth-order valence-electron chi connectivity index (χ4n) is 4.20. The fraction of sp³-hybridized carbons (Fsp3) is 0.250. The van der Waals surface area contributed by atoms with Gasteiger partial charge in [-0.15, -0.1) is 5.53 Å². The largest absolute Gasteiger partial charge is 0.401 e. The Balaban J connectivity index is 0.00000200. The van der Waals surface area contributed by atoms with Crippen LogP contribution in [0.15, 0.2) is 54.6 Å². The van der Waals surface area contributed by atoms with Gasteiger partial charge in [-0.1, -0.05) is 0 Å². The van der Waals surface area contributed by atoms with Gasteiger partial charge in [0, 0.05) is 46.0 Å². The van der Waals surface area contributed by atoms with Crippen molar-refractivity contribution in [2.45, 2.75) is 6.18 Å². The molecule has 0 aliphatic carbocycles. The monoisotopic (exact) mass is 505 g/mol. The Labute approximate surface area is 207 Å². The lowest BCUT2D eigenvalue weighted by molar-refractivity contribution is -0.146. The summed E-state index contributed by atoms with van der Waals surface area (Å²) < 4.78 is 52.3. The number of nitrogens with zero attached hydrogens (tertiary/aromatic N) is 3. The number of halogens is 4. The summed E-state index contributed by atoms with van der Waals surface area (Å²) >= 11 is 0. The zero-order valence-electron chi connectivity index (χ0n) is 19.0. The van der Waals surface area contributed by atoms with Crippen LogP contribution in [-0.4, -0.2) is 54.7 Å². The molecule has 2 aromatic carbocycles. The maximum Gasteiger partial charge on any atom is 0.401 e. The van der Waals surface area contributed by atoms with E-state index in [1.807, 2.05) is 11.0 Å². The van der Waals surface area contributed by atoms with Gasteiger partial charge >= 0.3 is 6.18 Å². The van der Waals surface area contributed by atoms with E-state index in [9.17, 15) is 22.4 Å². The van der Waals surface area contributed by atoms with Gasteiger partial charge in [0.1, 0.15) is 5.82 Å². The number of piperazine rings is 1. The number of alkyl halides is 3. The second kappa shape index (κ2) is 9.63. The molecule has 1 saturated heterocycles. The first-order valence-electron chi connectivity index (χ1n) is 11.3. The van der Waals surface area contributed by atoms with E-state index in [4.69, 9.17) is 0 Å². The summed E-state index contributed by atoms with van der Waals surface area (Å²) in [7, 11) is 0. The zero-order valence-corrected chi connectivity index (χ0v) is 19.0. The predicted octanol–water partition coefficient (Wildman–Crippen LogP) is 4.57. The van der Waals surface area contributed by atoms with Gasteiger partial charge in [0.2, 0.25) is 0 Å². The van der Waals surface area contributed by atoms with Crippen molar-refractivity contribution in [2.24, 2.45) is 0 Å². The third kappa shape index (κ3) is 5.34. The Kier molecular flexibility index (Phi) is 6.37. The topological polar surface area (TPSA) is 84.6 Å². The standard InChI is InChI=1S/C24H23F4N7O.2H2/c25-19-6-1-15(20-7-8-21-22(30-20)32-33-31-21)13-18(19)23(36)29-16-2-4-17(5-3-16)35-11-9-34(10-12-35)14-24(26,27)28;;/h1-8,13,31,33H,9-12,14H2,(H,29,36)(H,30,32);2*1H. The molecule has 0 spiro atoms. The number of hydrogen-bond acceptors (Lipinski definition) is 7. The Morgan fingerprint density at radius 3 is 2.47 bits per heavy atom. The summed E-state index contributed by atoms with van der Waals surface area (Å²) in [4.78, 5) is 20.7. The molecule has 3 heterocycles. The molecule has 0 saturated carbocycles. The first kappa shape index (κ1) is 23.8. The van der Waals surface area contributed by atoms with Gasteiger partial charge in [-0.2, -0.15) is 13.2 Å². The van der Waals surface area contributed by atoms with Crippen molar-refractivity contribution in [1.82, 2.24) is 15.4 Å². The van der Waals surface area contributed by atoms with Crippen molar-refractivity contribution in [2.75, 3.05) is 53.8 Å². The van der Waals surface area contributed by atoms with Crippen molar-refractivity contribution in [1.29, 1.82) is 0 Å². The van der Waals surface area contributed by atoms with Gasteiger partial charge in [0.15, 0.2) is 5.82 Å². The number of nitrogens with one attached hydrogen (secondary N) is 4. The van der Waals surface area contributed by atoms with Crippen LogP contribution in [0, 0.1) is 5.82 Å². The Hall–Kier alpha value is -3.90. The zero-order chi connectivity index (χ0) is 25.3. The van der Waals surface area contributed by atoms with Crippen molar-refractivity contribution in [3.05, 3.63) is 66.0 Å². The number of anilines is 4. The number of benzene rings is 2. The normalized spacial score (nSPS) is 15.7. The summed E-state index contributed by atoms with van der Waals surface area (Å²) in [5.41, 5.74) is 11.6. The van der Waals surface area contributed by atoms with Gasteiger partial charge in [0.05, 0.1) is 23.5 Å². The number of carbonyl (C=O) groups is 1. The molecule has 36 heavy (non-hydrogen) atoms. The highest BCUT2D eigenvalue weighted by Gasteiger charge is 2.32. The number of amides is 1. The van der Waals surface area contributed by atoms with E-state index in [1.54, 1.807) is 36.4 Å². The van der Waals surface area contributed by atoms with Gasteiger partial charge in [-0.25, -0.2) is 9.37 Å². The number of hydrazine groups is 2. The van der Waals surface area contributed by atoms with Crippen LogP contribution in [0.2, 0.25) is 0 Å². The lowest BCUT2D eigenvalue weighted by Crippen LogP contribution is -2.49. The molecule has 12 heteroatoms. The Morgan fingerprint density at radius 2 is 1.75 bits per heavy atom. The summed E-state index contributed by atoms with van der Waals surface area (Å²) in [6, 6.07) is 14.7. The molecule has 3 aromatic rings. The summed E-state index contributed by atoms with van der Waals surface area (Å²) in [5, 5.41) is 2.70. The van der Waals surface area contributed by atoms with Gasteiger partial charge in [-0.05, 0) is 54.6 Å². The van der Waals surface area contributed by atoms with Gasteiger partial charge in [0.25, 0.3) is 5.91 Å². The van der Waals surface area contributed by atoms with Gasteiger partial charge in [-0.3, -0.25) is 15.1 Å². The maximum absolute atomic E-state index is 14.5. The van der Waals surface area contributed by atoms with Crippen LogP contribution >= 0.6 is 0 Å². The van der Waals surface area contributed by atoms with Crippen molar-refractivity contribution >= 4 is 28.8 Å². The second-order valence-corrected chi connectivity index (χ2v) is 8.54.